The van der Waals surface area contributed by atoms with Crippen molar-refractivity contribution in [3.63, 3.8) is 0 Å². The van der Waals surface area contributed by atoms with Crippen molar-refractivity contribution >= 4 is 11.5 Å². The average Bonchev–Trinajstić information content (AvgIpc) is 2.38. The van der Waals surface area contributed by atoms with E-state index in [1.165, 1.54) is 12.4 Å². The van der Waals surface area contributed by atoms with Gasteiger partial charge in [-0.3, -0.25) is 19.9 Å². The van der Waals surface area contributed by atoms with E-state index in [0.29, 0.717) is 12.0 Å². The summed E-state index contributed by atoms with van der Waals surface area (Å²) >= 11 is 0. The fourth-order valence-corrected chi connectivity index (χ4v) is 2.12. The van der Waals surface area contributed by atoms with Gasteiger partial charge in [-0.05, 0) is 12.5 Å². The van der Waals surface area contributed by atoms with Crippen LogP contribution in [0.15, 0.2) is 18.5 Å². The molecule has 1 aliphatic rings. The van der Waals surface area contributed by atoms with Crippen molar-refractivity contribution in [2.45, 2.75) is 38.4 Å². The lowest BCUT2D eigenvalue weighted by Gasteiger charge is -2.28. The number of carbonyl (C=O) groups is 1. The van der Waals surface area contributed by atoms with Crippen molar-refractivity contribution < 1.29 is 14.5 Å². The number of pyridine rings is 1. The van der Waals surface area contributed by atoms with Gasteiger partial charge in [0.1, 0.15) is 12.0 Å². The van der Waals surface area contributed by atoms with Crippen LogP contribution in [-0.4, -0.2) is 21.8 Å². The summed E-state index contributed by atoms with van der Waals surface area (Å²) in [6.07, 6.45) is 3.31. The Morgan fingerprint density at radius 3 is 3.00 bits per heavy atom. The van der Waals surface area contributed by atoms with Crippen LogP contribution in [-0.2, 0) is 9.53 Å². The molecule has 0 radical (unpaired) electrons. The van der Waals surface area contributed by atoms with Crippen molar-refractivity contribution in [1.82, 2.24) is 4.98 Å². The molecule has 1 saturated heterocycles. The molecule has 0 spiro atoms. The number of rotatable bonds is 3. The van der Waals surface area contributed by atoms with Gasteiger partial charge in [-0.25, -0.2) is 0 Å². The van der Waals surface area contributed by atoms with Crippen LogP contribution in [0.2, 0.25) is 0 Å². The minimum atomic E-state index is -0.528. The van der Waals surface area contributed by atoms with E-state index in [-0.39, 0.29) is 24.0 Å². The molecule has 0 amide bonds. The maximum absolute atomic E-state index is 11.6. The van der Waals surface area contributed by atoms with Crippen molar-refractivity contribution in [2.24, 2.45) is 0 Å². The lowest BCUT2D eigenvalue weighted by Crippen LogP contribution is -2.28. The van der Waals surface area contributed by atoms with Crippen LogP contribution in [0.3, 0.4) is 0 Å². The fourth-order valence-electron chi connectivity index (χ4n) is 2.12. The number of ketones is 1. The Hall–Kier alpha value is -1.82. The molecule has 0 N–H and O–H groups in total. The van der Waals surface area contributed by atoms with Gasteiger partial charge in [0.15, 0.2) is 0 Å². The molecule has 1 fully saturated rings. The quantitative estimate of drug-likeness (QED) is 0.606. The smallest absolute Gasteiger partial charge is 0.293 e. The Balaban J connectivity index is 2.30. The predicted molar refractivity (Wildman–Crippen MR) is 63.0 cm³/mol. The van der Waals surface area contributed by atoms with Crippen LogP contribution >= 0.6 is 0 Å². The van der Waals surface area contributed by atoms with Gasteiger partial charge in [0.25, 0.3) is 5.69 Å². The van der Waals surface area contributed by atoms with E-state index in [2.05, 4.69) is 4.98 Å². The topological polar surface area (TPSA) is 82.3 Å². The molecule has 6 heteroatoms. The molecule has 1 aromatic rings. The normalized spacial score (nSPS) is 23.9. The summed E-state index contributed by atoms with van der Waals surface area (Å²) in [6, 6.07) is 1.55. The highest BCUT2D eigenvalue weighted by Crippen LogP contribution is 2.34. The van der Waals surface area contributed by atoms with Gasteiger partial charge < -0.3 is 4.74 Å². The molecule has 0 aromatic carbocycles. The van der Waals surface area contributed by atoms with Gasteiger partial charge in [-0.1, -0.05) is 6.92 Å². The molecule has 2 atom stereocenters. The monoisotopic (exact) mass is 250 g/mol. The molecule has 18 heavy (non-hydrogen) atoms. The average molecular weight is 250 g/mol. The summed E-state index contributed by atoms with van der Waals surface area (Å²) < 4.78 is 5.73. The first-order chi connectivity index (χ1) is 8.61. The SMILES string of the molecule is CCC1CC(=O)CC(c2ccncc2[N+](=O)[O-])O1. The Morgan fingerprint density at radius 2 is 2.33 bits per heavy atom. The van der Waals surface area contributed by atoms with Crippen molar-refractivity contribution in [3.8, 4) is 0 Å². The third-order valence-electron chi connectivity index (χ3n) is 3.06. The van der Waals surface area contributed by atoms with E-state index in [4.69, 9.17) is 4.74 Å². The summed E-state index contributed by atoms with van der Waals surface area (Å²) in [5.74, 6) is 0.0872. The zero-order valence-corrected chi connectivity index (χ0v) is 10.0. The first-order valence-corrected chi connectivity index (χ1v) is 5.87. The summed E-state index contributed by atoms with van der Waals surface area (Å²) in [6.45, 7) is 1.93. The number of hydrogen-bond acceptors (Lipinski definition) is 5. The molecule has 0 bridgehead atoms. The molecular formula is C12H14N2O4. The van der Waals surface area contributed by atoms with Gasteiger partial charge in [-0.2, -0.15) is 0 Å². The van der Waals surface area contributed by atoms with E-state index in [0.717, 1.165) is 6.42 Å². The van der Waals surface area contributed by atoms with Crippen LogP contribution in [0.5, 0.6) is 0 Å². The lowest BCUT2D eigenvalue weighted by molar-refractivity contribution is -0.386. The molecule has 1 aromatic heterocycles. The second-order valence-electron chi connectivity index (χ2n) is 4.29. The summed E-state index contributed by atoms with van der Waals surface area (Å²) in [4.78, 5) is 25.8. The zero-order chi connectivity index (χ0) is 13.1. The van der Waals surface area contributed by atoms with Crippen molar-refractivity contribution in [3.05, 3.63) is 34.1 Å². The highest BCUT2D eigenvalue weighted by Gasteiger charge is 2.32. The lowest BCUT2D eigenvalue weighted by atomic mass is 9.96. The first-order valence-electron chi connectivity index (χ1n) is 5.87. The van der Waals surface area contributed by atoms with E-state index < -0.39 is 11.0 Å². The van der Waals surface area contributed by atoms with Crippen LogP contribution in [0.1, 0.15) is 37.9 Å². The third kappa shape index (κ3) is 2.53. The van der Waals surface area contributed by atoms with Gasteiger partial charge >= 0.3 is 0 Å². The number of hydrogen-bond donors (Lipinski definition) is 0. The third-order valence-corrected chi connectivity index (χ3v) is 3.06. The maximum atomic E-state index is 11.6. The van der Waals surface area contributed by atoms with E-state index in [1.54, 1.807) is 6.07 Å². The molecule has 0 aliphatic carbocycles. The Morgan fingerprint density at radius 1 is 1.56 bits per heavy atom. The molecule has 96 valence electrons. The number of Topliss-reactive ketones (excluding diaryl/α,β-unsaturated/α-hetero) is 1. The van der Waals surface area contributed by atoms with E-state index in [1.807, 2.05) is 6.92 Å². The Kier molecular flexibility index (Phi) is 3.66. The van der Waals surface area contributed by atoms with Crippen LogP contribution < -0.4 is 0 Å². The molecule has 2 rings (SSSR count). The number of aromatic nitrogens is 1. The summed E-state index contributed by atoms with van der Waals surface area (Å²) in [7, 11) is 0. The number of carbonyl (C=O) groups excluding carboxylic acids is 1. The molecule has 2 heterocycles. The fraction of sp³-hybridized carbons (Fsp3) is 0.500. The number of nitrogens with zero attached hydrogens (tertiary/aromatic N) is 2. The number of nitro groups is 1. The van der Waals surface area contributed by atoms with E-state index in [9.17, 15) is 14.9 Å². The van der Waals surface area contributed by atoms with Gasteiger partial charge in [0, 0.05) is 19.0 Å². The summed E-state index contributed by atoms with van der Waals surface area (Å²) in [5, 5.41) is 10.9. The van der Waals surface area contributed by atoms with Crippen LogP contribution in [0, 0.1) is 10.1 Å². The van der Waals surface area contributed by atoms with Crippen LogP contribution in [0.25, 0.3) is 0 Å². The highest BCUT2D eigenvalue weighted by atomic mass is 16.6. The molecule has 6 nitrogen and oxygen atoms in total. The minimum Gasteiger partial charge on any atom is -0.369 e. The molecule has 0 saturated carbocycles. The molecule has 2 unspecified atom stereocenters. The molecular weight excluding hydrogens is 236 g/mol. The second-order valence-corrected chi connectivity index (χ2v) is 4.29. The van der Waals surface area contributed by atoms with Crippen molar-refractivity contribution in [2.75, 3.05) is 0 Å². The van der Waals surface area contributed by atoms with Crippen LogP contribution in [0.4, 0.5) is 5.69 Å². The Bertz CT molecular complexity index is 475. The van der Waals surface area contributed by atoms with Gasteiger partial charge in [0.05, 0.1) is 22.7 Å². The molecule has 1 aliphatic heterocycles. The number of ether oxygens (including phenoxy) is 1. The Labute approximate surface area is 104 Å². The highest BCUT2D eigenvalue weighted by molar-refractivity contribution is 5.80. The zero-order valence-electron chi connectivity index (χ0n) is 10.0. The largest absolute Gasteiger partial charge is 0.369 e. The van der Waals surface area contributed by atoms with Gasteiger partial charge in [0.2, 0.25) is 0 Å². The van der Waals surface area contributed by atoms with E-state index >= 15 is 0 Å². The summed E-state index contributed by atoms with van der Waals surface area (Å²) in [5.41, 5.74) is 0.341. The minimum absolute atomic E-state index is 0.0872. The second kappa shape index (κ2) is 5.22. The van der Waals surface area contributed by atoms with Gasteiger partial charge in [-0.15, -0.1) is 0 Å². The first kappa shape index (κ1) is 12.6. The van der Waals surface area contributed by atoms with Crippen molar-refractivity contribution in [1.29, 1.82) is 0 Å². The standard InChI is InChI=1S/C12H14N2O4/c1-2-9-5-8(15)6-12(18-9)10-3-4-13-7-11(10)14(16)17/h3-4,7,9,12H,2,5-6H2,1H3. The predicted octanol–water partition coefficient (Wildman–Crippen LogP) is 2.19. The maximum Gasteiger partial charge on any atom is 0.293 e.